The van der Waals surface area contributed by atoms with Crippen LogP contribution in [0.5, 0.6) is 0 Å². The number of hydrogen-bond donors (Lipinski definition) is 1. The van der Waals surface area contributed by atoms with Crippen molar-refractivity contribution in [3.05, 3.63) is 0 Å². The Morgan fingerprint density at radius 2 is 2.23 bits per heavy atom. The molecule has 2 aliphatic heterocycles. The Kier molecular flexibility index (Phi) is 3.16. The Morgan fingerprint density at radius 1 is 1.38 bits per heavy atom. The predicted octanol–water partition coefficient (Wildman–Crippen LogP) is 2.22. The highest BCUT2D eigenvalue weighted by molar-refractivity contribution is 8.02. The van der Waals surface area contributed by atoms with E-state index in [9.17, 15) is 0 Å². The van der Waals surface area contributed by atoms with Crippen LogP contribution < -0.4 is 5.32 Å². The lowest BCUT2D eigenvalue weighted by atomic mass is 10.0. The van der Waals surface area contributed by atoms with Gasteiger partial charge in [-0.2, -0.15) is 23.5 Å². The molecule has 2 atom stereocenters. The fraction of sp³-hybridized carbons (Fsp3) is 1.00. The first-order valence-corrected chi connectivity index (χ1v) is 7.27. The summed E-state index contributed by atoms with van der Waals surface area (Å²) in [5, 5.41) is 3.72. The molecule has 1 nitrogen and oxygen atoms in total. The van der Waals surface area contributed by atoms with Crippen LogP contribution in [0.25, 0.3) is 0 Å². The second-order valence-electron chi connectivity index (χ2n) is 4.60. The van der Waals surface area contributed by atoms with Crippen molar-refractivity contribution in [3.63, 3.8) is 0 Å². The Labute approximate surface area is 89.8 Å². The summed E-state index contributed by atoms with van der Waals surface area (Å²) in [6.45, 7) is 5.95. The van der Waals surface area contributed by atoms with Crippen LogP contribution in [-0.4, -0.2) is 34.6 Å². The quantitative estimate of drug-likeness (QED) is 0.778. The van der Waals surface area contributed by atoms with Crippen LogP contribution in [0.15, 0.2) is 0 Å². The fourth-order valence-corrected chi connectivity index (χ4v) is 4.34. The van der Waals surface area contributed by atoms with Gasteiger partial charge in [-0.25, -0.2) is 0 Å². The summed E-state index contributed by atoms with van der Waals surface area (Å²) in [6, 6.07) is 0.767. The van der Waals surface area contributed by atoms with Crippen molar-refractivity contribution in [2.75, 3.05) is 23.8 Å². The molecular formula is C10H19NS2. The van der Waals surface area contributed by atoms with Crippen molar-refractivity contribution < 1.29 is 0 Å². The minimum absolute atomic E-state index is 0.492. The van der Waals surface area contributed by atoms with Gasteiger partial charge < -0.3 is 5.32 Å². The summed E-state index contributed by atoms with van der Waals surface area (Å²) in [4.78, 5) is 0. The van der Waals surface area contributed by atoms with Crippen LogP contribution in [0.2, 0.25) is 0 Å². The summed E-state index contributed by atoms with van der Waals surface area (Å²) in [7, 11) is 0. The van der Waals surface area contributed by atoms with E-state index in [1.807, 2.05) is 0 Å². The topological polar surface area (TPSA) is 12.0 Å². The zero-order valence-electron chi connectivity index (χ0n) is 8.51. The third-order valence-corrected chi connectivity index (χ3v) is 5.90. The van der Waals surface area contributed by atoms with Crippen molar-refractivity contribution >= 4 is 23.5 Å². The van der Waals surface area contributed by atoms with Crippen LogP contribution in [0.4, 0.5) is 0 Å². The molecule has 13 heavy (non-hydrogen) atoms. The SMILES string of the molecule is CC1(C)SCC1NCC1CCSC1. The first-order chi connectivity index (χ1) is 6.18. The largest absolute Gasteiger partial charge is 0.311 e. The molecule has 0 spiro atoms. The van der Waals surface area contributed by atoms with Gasteiger partial charge in [0.25, 0.3) is 0 Å². The van der Waals surface area contributed by atoms with Crippen molar-refractivity contribution in [1.82, 2.24) is 5.32 Å². The molecule has 0 aromatic rings. The molecule has 2 fully saturated rings. The molecule has 2 rings (SSSR count). The lowest BCUT2D eigenvalue weighted by Gasteiger charge is -2.44. The summed E-state index contributed by atoms with van der Waals surface area (Å²) in [6.07, 6.45) is 1.43. The molecule has 2 unspecified atom stereocenters. The molecule has 0 aromatic carbocycles. The van der Waals surface area contributed by atoms with Crippen LogP contribution in [-0.2, 0) is 0 Å². The highest BCUT2D eigenvalue weighted by Crippen LogP contribution is 2.40. The average Bonchev–Trinajstić information content (AvgIpc) is 2.55. The Bertz CT molecular complexity index is 176. The molecule has 2 aliphatic rings. The molecule has 0 saturated carbocycles. The number of thioether (sulfide) groups is 2. The van der Waals surface area contributed by atoms with E-state index in [1.54, 1.807) is 0 Å². The average molecular weight is 217 g/mol. The first kappa shape index (κ1) is 10.2. The van der Waals surface area contributed by atoms with Crippen molar-refractivity contribution in [2.45, 2.75) is 31.1 Å². The summed E-state index contributed by atoms with van der Waals surface area (Å²) in [5.74, 6) is 5.03. The van der Waals surface area contributed by atoms with Gasteiger partial charge in [-0.05, 0) is 44.2 Å². The number of rotatable bonds is 3. The molecule has 2 heterocycles. The summed E-state index contributed by atoms with van der Waals surface area (Å²) >= 11 is 4.20. The molecule has 2 saturated heterocycles. The predicted molar refractivity (Wildman–Crippen MR) is 63.8 cm³/mol. The lowest BCUT2D eigenvalue weighted by molar-refractivity contribution is 0.401. The summed E-state index contributed by atoms with van der Waals surface area (Å²) < 4.78 is 0.492. The van der Waals surface area contributed by atoms with Gasteiger partial charge in [-0.3, -0.25) is 0 Å². The second kappa shape index (κ2) is 4.03. The van der Waals surface area contributed by atoms with Gasteiger partial charge in [0.15, 0.2) is 0 Å². The molecule has 0 aliphatic carbocycles. The first-order valence-electron chi connectivity index (χ1n) is 5.13. The Hall–Kier alpha value is 0.660. The van der Waals surface area contributed by atoms with E-state index < -0.39 is 0 Å². The maximum absolute atomic E-state index is 3.72. The third kappa shape index (κ3) is 2.37. The van der Waals surface area contributed by atoms with Gasteiger partial charge >= 0.3 is 0 Å². The zero-order chi connectivity index (χ0) is 9.31. The number of nitrogens with one attached hydrogen (secondary N) is 1. The zero-order valence-corrected chi connectivity index (χ0v) is 10.1. The highest BCUT2D eigenvalue weighted by atomic mass is 32.2. The normalized spacial score (nSPS) is 37.4. The van der Waals surface area contributed by atoms with Gasteiger partial charge in [0.05, 0.1) is 0 Å². The molecule has 76 valence electrons. The lowest BCUT2D eigenvalue weighted by Crippen LogP contribution is -2.55. The van der Waals surface area contributed by atoms with E-state index in [1.165, 1.54) is 30.2 Å². The minimum Gasteiger partial charge on any atom is -0.311 e. The van der Waals surface area contributed by atoms with Gasteiger partial charge in [0.1, 0.15) is 0 Å². The van der Waals surface area contributed by atoms with Gasteiger partial charge in [-0.15, -0.1) is 0 Å². The van der Waals surface area contributed by atoms with Crippen molar-refractivity contribution in [3.8, 4) is 0 Å². The smallest absolute Gasteiger partial charge is 0.0300 e. The standard InChI is InChI=1S/C10H19NS2/c1-10(2)9(7-13-10)11-5-8-3-4-12-6-8/h8-9,11H,3-7H2,1-2H3. The van der Waals surface area contributed by atoms with E-state index in [-0.39, 0.29) is 0 Å². The molecule has 0 amide bonds. The molecule has 0 aromatic heterocycles. The maximum atomic E-state index is 3.72. The van der Waals surface area contributed by atoms with Crippen LogP contribution in [0.3, 0.4) is 0 Å². The van der Waals surface area contributed by atoms with Gasteiger partial charge in [-0.1, -0.05) is 0 Å². The molecule has 3 heteroatoms. The van der Waals surface area contributed by atoms with E-state index in [4.69, 9.17) is 0 Å². The molecule has 1 N–H and O–H groups in total. The maximum Gasteiger partial charge on any atom is 0.0300 e. The second-order valence-corrected chi connectivity index (χ2v) is 7.43. The third-order valence-electron chi connectivity index (χ3n) is 3.14. The van der Waals surface area contributed by atoms with Crippen LogP contribution in [0, 0.1) is 5.92 Å². The number of hydrogen-bond acceptors (Lipinski definition) is 3. The summed E-state index contributed by atoms with van der Waals surface area (Å²) in [5.41, 5.74) is 0. The Balaban J connectivity index is 1.67. The van der Waals surface area contributed by atoms with Crippen LogP contribution >= 0.6 is 23.5 Å². The molecule has 0 radical (unpaired) electrons. The van der Waals surface area contributed by atoms with E-state index >= 15 is 0 Å². The fourth-order valence-electron chi connectivity index (χ4n) is 1.86. The van der Waals surface area contributed by atoms with Crippen molar-refractivity contribution in [2.24, 2.45) is 5.92 Å². The molecule has 0 bridgehead atoms. The van der Waals surface area contributed by atoms with Crippen molar-refractivity contribution in [1.29, 1.82) is 0 Å². The monoisotopic (exact) mass is 217 g/mol. The van der Waals surface area contributed by atoms with Gasteiger partial charge in [0.2, 0.25) is 0 Å². The van der Waals surface area contributed by atoms with E-state index in [0.29, 0.717) is 4.75 Å². The van der Waals surface area contributed by atoms with Gasteiger partial charge in [0, 0.05) is 16.5 Å². The van der Waals surface area contributed by atoms with E-state index in [2.05, 4.69) is 42.7 Å². The highest BCUT2D eigenvalue weighted by Gasteiger charge is 2.39. The Morgan fingerprint density at radius 3 is 2.69 bits per heavy atom. The van der Waals surface area contributed by atoms with Crippen LogP contribution in [0.1, 0.15) is 20.3 Å². The van der Waals surface area contributed by atoms with E-state index in [0.717, 1.165) is 12.0 Å². The minimum atomic E-state index is 0.492. The molecular weight excluding hydrogens is 198 g/mol.